The average molecular weight is 420 g/mol. The van der Waals surface area contributed by atoms with Crippen LogP contribution in [-0.4, -0.2) is 30.5 Å². The van der Waals surface area contributed by atoms with Crippen LogP contribution in [0.5, 0.6) is 0 Å². The molecule has 1 spiro atoms. The molecule has 0 aromatic carbocycles. The summed E-state index contributed by atoms with van der Waals surface area (Å²) in [5.74, 6) is 1.24. The summed E-state index contributed by atoms with van der Waals surface area (Å²) < 4.78 is 0. The smallest absolute Gasteiger partial charge is 0.223 e. The maximum Gasteiger partial charge on any atom is 0.223 e. The van der Waals surface area contributed by atoms with Crippen LogP contribution in [0.15, 0.2) is 5.38 Å². The molecule has 2 N–H and O–H groups in total. The number of hydrogen-bond acceptors (Lipinski definition) is 4. The Morgan fingerprint density at radius 3 is 2.69 bits per heavy atom. The van der Waals surface area contributed by atoms with Gasteiger partial charge < -0.3 is 10.6 Å². The van der Waals surface area contributed by atoms with Gasteiger partial charge in [0.25, 0.3) is 0 Å². The number of hydrogen-bond donors (Lipinski definition) is 2. The highest BCUT2D eigenvalue weighted by atomic mass is 35.5. The number of carbonyl (C=O) groups excluding carboxylic acids is 1. The summed E-state index contributed by atoms with van der Waals surface area (Å²) in [5, 5.41) is 9.99. The first-order valence-electron chi connectivity index (χ1n) is 9.70. The number of carbonyl (C=O) groups is 1. The average Bonchev–Trinajstić information content (AvgIpc) is 3.10. The van der Waals surface area contributed by atoms with E-state index >= 15 is 0 Å². The van der Waals surface area contributed by atoms with Crippen LogP contribution in [0.4, 0.5) is 0 Å². The molecule has 4 nitrogen and oxygen atoms in total. The lowest BCUT2D eigenvalue weighted by atomic mass is 9.87. The Balaban J connectivity index is 0.00000121. The van der Waals surface area contributed by atoms with Crippen molar-refractivity contribution in [1.82, 2.24) is 15.6 Å². The molecule has 2 saturated carbocycles. The van der Waals surface area contributed by atoms with Crippen LogP contribution in [0.25, 0.3) is 0 Å². The zero-order valence-electron chi connectivity index (χ0n) is 15.3. The molecule has 2 aliphatic carbocycles. The second-order valence-corrected chi connectivity index (χ2v) is 8.85. The Bertz CT molecular complexity index is 583. The zero-order valence-corrected chi connectivity index (χ0v) is 17.7. The van der Waals surface area contributed by atoms with Gasteiger partial charge in [0.15, 0.2) is 0 Å². The quantitative estimate of drug-likeness (QED) is 0.755. The summed E-state index contributed by atoms with van der Waals surface area (Å²) in [4.78, 5) is 17.2. The van der Waals surface area contributed by atoms with Gasteiger partial charge in [0.1, 0.15) is 0 Å². The van der Waals surface area contributed by atoms with E-state index in [9.17, 15) is 4.79 Å². The van der Waals surface area contributed by atoms with E-state index < -0.39 is 0 Å². The van der Waals surface area contributed by atoms with Crippen LogP contribution in [0, 0.1) is 11.3 Å². The van der Waals surface area contributed by atoms with E-state index in [2.05, 4.69) is 16.0 Å². The first-order valence-corrected chi connectivity index (χ1v) is 10.6. The van der Waals surface area contributed by atoms with E-state index in [0.29, 0.717) is 11.3 Å². The predicted octanol–water partition coefficient (Wildman–Crippen LogP) is 4.08. The van der Waals surface area contributed by atoms with Crippen molar-refractivity contribution in [1.29, 1.82) is 0 Å². The molecule has 3 fully saturated rings. The van der Waals surface area contributed by atoms with Crippen molar-refractivity contribution < 1.29 is 4.79 Å². The molecule has 1 aliphatic heterocycles. The van der Waals surface area contributed by atoms with Crippen molar-refractivity contribution in [3.05, 3.63) is 16.1 Å². The van der Waals surface area contributed by atoms with Crippen molar-refractivity contribution >= 4 is 42.1 Å². The van der Waals surface area contributed by atoms with E-state index in [1.54, 1.807) is 11.3 Å². The van der Waals surface area contributed by atoms with Crippen LogP contribution >= 0.6 is 36.2 Å². The van der Waals surface area contributed by atoms with Gasteiger partial charge in [0, 0.05) is 30.2 Å². The van der Waals surface area contributed by atoms with Crippen molar-refractivity contribution in [2.75, 3.05) is 19.6 Å². The molecule has 0 bridgehead atoms. The van der Waals surface area contributed by atoms with Crippen LogP contribution in [0.2, 0.25) is 0 Å². The maximum atomic E-state index is 12.4. The molecule has 4 rings (SSSR count). The molecular weight excluding hydrogens is 389 g/mol. The van der Waals surface area contributed by atoms with Gasteiger partial charge in [0.05, 0.1) is 10.7 Å². The van der Waals surface area contributed by atoms with E-state index in [1.165, 1.54) is 55.6 Å². The van der Waals surface area contributed by atoms with Crippen molar-refractivity contribution in [3.8, 4) is 0 Å². The number of nitrogens with zero attached hydrogens (tertiary/aromatic N) is 1. The van der Waals surface area contributed by atoms with E-state index in [4.69, 9.17) is 4.98 Å². The fourth-order valence-corrected chi connectivity index (χ4v) is 5.52. The van der Waals surface area contributed by atoms with E-state index in [-0.39, 0.29) is 36.6 Å². The number of nitrogens with one attached hydrogen (secondary N) is 2. The number of piperidine rings is 1. The number of thiazole rings is 1. The molecule has 1 unspecified atom stereocenters. The van der Waals surface area contributed by atoms with E-state index in [1.807, 2.05) is 0 Å². The Labute approximate surface area is 173 Å². The lowest BCUT2D eigenvalue weighted by molar-refractivity contribution is -0.123. The highest BCUT2D eigenvalue weighted by Crippen LogP contribution is 2.58. The van der Waals surface area contributed by atoms with Crippen LogP contribution in [0.1, 0.15) is 68.0 Å². The standard InChI is InChI=1S/C19H29N3OS.2ClH/c23-18(15-12-19(15)7-10-20-11-8-19)21-9-6-17-22-16(13-24-17)14-4-2-1-3-5-14;;/h13-15,20H,1-12H2,(H,21,23);2*1H. The maximum absolute atomic E-state index is 12.4. The third kappa shape index (κ3) is 4.92. The molecule has 0 radical (unpaired) electrons. The summed E-state index contributed by atoms with van der Waals surface area (Å²) in [6.07, 6.45) is 11.0. The minimum atomic E-state index is 0. The monoisotopic (exact) mass is 419 g/mol. The van der Waals surface area contributed by atoms with Crippen molar-refractivity contribution in [2.45, 2.75) is 63.7 Å². The molecule has 3 aliphatic rings. The molecule has 148 valence electrons. The topological polar surface area (TPSA) is 54.0 Å². The highest BCUT2D eigenvalue weighted by molar-refractivity contribution is 7.09. The second-order valence-electron chi connectivity index (χ2n) is 7.91. The molecule has 1 aromatic heterocycles. The minimum absolute atomic E-state index is 0. The van der Waals surface area contributed by atoms with Crippen LogP contribution in [-0.2, 0) is 11.2 Å². The van der Waals surface area contributed by atoms with Gasteiger partial charge in [-0.1, -0.05) is 19.3 Å². The summed E-state index contributed by atoms with van der Waals surface area (Å²) in [6.45, 7) is 2.89. The molecular formula is C19H31Cl2N3OS. The number of halogens is 2. The van der Waals surface area contributed by atoms with Crippen LogP contribution < -0.4 is 10.6 Å². The molecule has 1 atom stereocenters. The number of aromatic nitrogens is 1. The van der Waals surface area contributed by atoms with Gasteiger partial charge in [-0.15, -0.1) is 36.2 Å². The largest absolute Gasteiger partial charge is 0.355 e. The molecule has 1 amide bonds. The van der Waals surface area contributed by atoms with Gasteiger partial charge in [-0.3, -0.25) is 4.79 Å². The third-order valence-corrected chi connectivity index (χ3v) is 7.26. The number of amides is 1. The second kappa shape index (κ2) is 9.72. The van der Waals surface area contributed by atoms with Gasteiger partial charge in [0.2, 0.25) is 5.91 Å². The fraction of sp³-hybridized carbons (Fsp3) is 0.789. The SMILES string of the molecule is Cl.Cl.O=C(NCCc1nc(C2CCCCC2)cs1)C1CC12CCNCC2. The van der Waals surface area contributed by atoms with Gasteiger partial charge in [-0.2, -0.15) is 0 Å². The van der Waals surface area contributed by atoms with E-state index in [0.717, 1.165) is 32.5 Å². The van der Waals surface area contributed by atoms with Crippen molar-refractivity contribution in [2.24, 2.45) is 11.3 Å². The summed E-state index contributed by atoms with van der Waals surface area (Å²) >= 11 is 1.77. The van der Waals surface area contributed by atoms with Gasteiger partial charge in [-0.25, -0.2) is 4.98 Å². The molecule has 7 heteroatoms. The summed E-state index contributed by atoms with van der Waals surface area (Å²) in [7, 11) is 0. The third-order valence-electron chi connectivity index (χ3n) is 6.34. The normalized spacial score (nSPS) is 24.4. The molecule has 1 saturated heterocycles. The Hall–Kier alpha value is -0.360. The zero-order chi connectivity index (χ0) is 16.4. The van der Waals surface area contributed by atoms with Gasteiger partial charge in [-0.05, 0) is 50.6 Å². The lowest BCUT2D eigenvalue weighted by Gasteiger charge is -2.23. The first kappa shape index (κ1) is 21.9. The van der Waals surface area contributed by atoms with Crippen LogP contribution in [0.3, 0.4) is 0 Å². The number of rotatable bonds is 5. The molecule has 26 heavy (non-hydrogen) atoms. The van der Waals surface area contributed by atoms with Gasteiger partial charge >= 0.3 is 0 Å². The minimum Gasteiger partial charge on any atom is -0.355 e. The summed E-state index contributed by atoms with van der Waals surface area (Å²) in [6, 6.07) is 0. The van der Waals surface area contributed by atoms with Crippen molar-refractivity contribution in [3.63, 3.8) is 0 Å². The Morgan fingerprint density at radius 2 is 1.96 bits per heavy atom. The molecule has 2 heterocycles. The Kier molecular flexibility index (Phi) is 8.20. The lowest BCUT2D eigenvalue weighted by Crippen LogP contribution is -2.34. The fourth-order valence-electron chi connectivity index (χ4n) is 4.64. The Morgan fingerprint density at radius 1 is 1.23 bits per heavy atom. The predicted molar refractivity (Wildman–Crippen MR) is 112 cm³/mol. The molecule has 1 aromatic rings. The first-order chi connectivity index (χ1) is 11.8. The summed E-state index contributed by atoms with van der Waals surface area (Å²) in [5.41, 5.74) is 1.64. The highest BCUT2D eigenvalue weighted by Gasteiger charge is 2.57.